The van der Waals surface area contributed by atoms with Crippen LogP contribution in [0.15, 0.2) is 23.1 Å². The number of carbonyl (C=O) groups is 1. The van der Waals surface area contributed by atoms with E-state index in [0.29, 0.717) is 5.75 Å². The number of hydrogen-bond acceptors (Lipinski definition) is 4. The average Bonchev–Trinajstić information content (AvgIpc) is 2.51. The van der Waals surface area contributed by atoms with E-state index in [1.54, 1.807) is 6.92 Å². The number of rotatable bonds is 8. The van der Waals surface area contributed by atoms with E-state index in [1.165, 1.54) is 25.3 Å². The van der Waals surface area contributed by atoms with Crippen LogP contribution >= 0.6 is 11.6 Å². The van der Waals surface area contributed by atoms with Crippen molar-refractivity contribution in [1.29, 1.82) is 0 Å². The molecule has 1 atom stereocenters. The van der Waals surface area contributed by atoms with Gasteiger partial charge in [0.2, 0.25) is 15.9 Å². The molecule has 0 aliphatic rings. The molecule has 130 valence electrons. The zero-order valence-electron chi connectivity index (χ0n) is 13.8. The highest BCUT2D eigenvalue weighted by Gasteiger charge is 2.26. The van der Waals surface area contributed by atoms with E-state index in [4.69, 9.17) is 16.3 Å². The Hall–Kier alpha value is -1.31. The number of nitrogens with zero attached hydrogens (tertiary/aromatic N) is 1. The number of methoxy groups -OCH3 is 1. The number of hydrogen-bond donors (Lipinski definition) is 1. The summed E-state index contributed by atoms with van der Waals surface area (Å²) in [7, 11) is -2.35. The third kappa shape index (κ3) is 5.09. The van der Waals surface area contributed by atoms with Gasteiger partial charge in [0, 0.05) is 12.6 Å². The molecule has 1 aromatic carbocycles. The first-order valence-corrected chi connectivity index (χ1v) is 9.21. The number of carbonyl (C=O) groups excluding carboxylic acids is 1. The van der Waals surface area contributed by atoms with E-state index in [9.17, 15) is 13.2 Å². The van der Waals surface area contributed by atoms with Gasteiger partial charge in [0.05, 0.1) is 23.6 Å². The zero-order chi connectivity index (χ0) is 17.6. The highest BCUT2D eigenvalue weighted by Crippen LogP contribution is 2.28. The molecule has 0 unspecified atom stereocenters. The summed E-state index contributed by atoms with van der Waals surface area (Å²) in [5, 5.41) is 2.96. The van der Waals surface area contributed by atoms with Gasteiger partial charge in [0.15, 0.2) is 0 Å². The lowest BCUT2D eigenvalue weighted by atomic mass is 10.2. The molecule has 0 aliphatic heterocycles. The first-order chi connectivity index (χ1) is 10.8. The molecule has 0 heterocycles. The summed E-state index contributed by atoms with van der Waals surface area (Å²) in [4.78, 5) is 12.0. The number of benzene rings is 1. The van der Waals surface area contributed by atoms with Crippen LogP contribution in [0.25, 0.3) is 0 Å². The van der Waals surface area contributed by atoms with Crippen molar-refractivity contribution in [2.75, 3.05) is 20.2 Å². The van der Waals surface area contributed by atoms with Crippen molar-refractivity contribution in [3.63, 3.8) is 0 Å². The summed E-state index contributed by atoms with van der Waals surface area (Å²) in [5.74, 6) is 0.0626. The minimum Gasteiger partial charge on any atom is -0.495 e. The van der Waals surface area contributed by atoms with Crippen molar-refractivity contribution in [1.82, 2.24) is 9.62 Å². The van der Waals surface area contributed by atoms with Gasteiger partial charge in [-0.3, -0.25) is 4.79 Å². The van der Waals surface area contributed by atoms with Crippen molar-refractivity contribution >= 4 is 27.5 Å². The van der Waals surface area contributed by atoms with Crippen LogP contribution in [0.1, 0.15) is 27.2 Å². The van der Waals surface area contributed by atoms with Crippen LogP contribution in [0.4, 0.5) is 0 Å². The molecule has 0 spiro atoms. The smallest absolute Gasteiger partial charge is 0.243 e. The van der Waals surface area contributed by atoms with Gasteiger partial charge in [-0.2, -0.15) is 4.31 Å². The monoisotopic (exact) mass is 362 g/mol. The Balaban J connectivity index is 2.99. The van der Waals surface area contributed by atoms with E-state index in [1.807, 2.05) is 13.8 Å². The summed E-state index contributed by atoms with van der Waals surface area (Å²) < 4.78 is 31.4. The number of ether oxygens (including phenoxy) is 1. The summed E-state index contributed by atoms with van der Waals surface area (Å²) in [5.41, 5.74) is 0. The number of likely N-dealkylation sites (N-methyl/N-ethyl adjacent to an activating group) is 1. The molecule has 1 amide bonds. The van der Waals surface area contributed by atoms with Gasteiger partial charge < -0.3 is 10.1 Å². The maximum Gasteiger partial charge on any atom is 0.243 e. The fourth-order valence-corrected chi connectivity index (χ4v) is 3.66. The molecule has 0 saturated heterocycles. The van der Waals surface area contributed by atoms with Gasteiger partial charge in [-0.1, -0.05) is 25.4 Å². The van der Waals surface area contributed by atoms with E-state index in [-0.39, 0.29) is 35.0 Å². The topological polar surface area (TPSA) is 75.7 Å². The quantitative estimate of drug-likeness (QED) is 0.769. The van der Waals surface area contributed by atoms with Crippen LogP contribution < -0.4 is 10.1 Å². The molecule has 0 bridgehead atoms. The largest absolute Gasteiger partial charge is 0.495 e. The van der Waals surface area contributed by atoms with Gasteiger partial charge in [-0.05, 0) is 31.5 Å². The number of nitrogens with one attached hydrogen (secondary N) is 1. The normalized spacial score (nSPS) is 13.0. The van der Waals surface area contributed by atoms with Gasteiger partial charge in [-0.15, -0.1) is 0 Å². The van der Waals surface area contributed by atoms with Crippen molar-refractivity contribution in [3.8, 4) is 5.75 Å². The average molecular weight is 363 g/mol. The molecule has 1 aromatic rings. The van der Waals surface area contributed by atoms with Crippen molar-refractivity contribution in [2.45, 2.75) is 38.1 Å². The Morgan fingerprint density at radius 2 is 2.04 bits per heavy atom. The van der Waals surface area contributed by atoms with E-state index in [2.05, 4.69) is 5.32 Å². The van der Waals surface area contributed by atoms with Crippen LogP contribution in [0, 0.1) is 0 Å². The molecule has 0 radical (unpaired) electrons. The van der Waals surface area contributed by atoms with Crippen molar-refractivity contribution in [2.24, 2.45) is 0 Å². The maximum absolute atomic E-state index is 12.7. The summed E-state index contributed by atoms with van der Waals surface area (Å²) in [6.07, 6.45) is 0.776. The molecule has 1 rings (SSSR count). The fraction of sp³-hybridized carbons (Fsp3) is 0.533. The Morgan fingerprint density at radius 3 is 2.52 bits per heavy atom. The van der Waals surface area contributed by atoms with Crippen LogP contribution in [0.5, 0.6) is 5.75 Å². The van der Waals surface area contributed by atoms with Crippen LogP contribution in [-0.4, -0.2) is 44.9 Å². The summed E-state index contributed by atoms with van der Waals surface area (Å²) >= 11 is 5.99. The van der Waals surface area contributed by atoms with Gasteiger partial charge in [0.1, 0.15) is 5.75 Å². The van der Waals surface area contributed by atoms with Crippen molar-refractivity contribution < 1.29 is 17.9 Å². The molecule has 0 aliphatic carbocycles. The Labute approximate surface area is 142 Å². The summed E-state index contributed by atoms with van der Waals surface area (Å²) in [6.45, 7) is 5.44. The second kappa shape index (κ2) is 8.52. The highest BCUT2D eigenvalue weighted by molar-refractivity contribution is 7.89. The molecular weight excluding hydrogens is 340 g/mol. The maximum atomic E-state index is 12.7. The molecule has 1 N–H and O–H groups in total. The minimum atomic E-state index is -3.80. The standard InChI is InChI=1S/C15H23ClN2O4S/c1-5-11(3)17-15(19)10-18(6-2)23(20,21)12-7-8-14(22-4)13(16)9-12/h7-9,11H,5-6,10H2,1-4H3,(H,17,19)/t11-/m1/s1. The first-order valence-electron chi connectivity index (χ1n) is 7.39. The van der Waals surface area contributed by atoms with Gasteiger partial charge in [0.25, 0.3) is 0 Å². The Morgan fingerprint density at radius 1 is 1.39 bits per heavy atom. The summed E-state index contributed by atoms with van der Waals surface area (Å²) in [6, 6.07) is 4.22. The third-order valence-electron chi connectivity index (χ3n) is 3.45. The second-order valence-electron chi connectivity index (χ2n) is 5.10. The molecule has 0 aromatic heterocycles. The van der Waals surface area contributed by atoms with E-state index >= 15 is 0 Å². The number of sulfonamides is 1. The lowest BCUT2D eigenvalue weighted by Crippen LogP contribution is -2.43. The molecule has 0 saturated carbocycles. The first kappa shape index (κ1) is 19.7. The predicted molar refractivity (Wildman–Crippen MR) is 90.3 cm³/mol. The third-order valence-corrected chi connectivity index (χ3v) is 5.67. The van der Waals surface area contributed by atoms with Crippen LogP contribution in [-0.2, 0) is 14.8 Å². The lowest BCUT2D eigenvalue weighted by molar-refractivity contribution is -0.121. The lowest BCUT2D eigenvalue weighted by Gasteiger charge is -2.21. The van der Waals surface area contributed by atoms with E-state index < -0.39 is 10.0 Å². The van der Waals surface area contributed by atoms with Crippen LogP contribution in [0.2, 0.25) is 5.02 Å². The van der Waals surface area contributed by atoms with E-state index in [0.717, 1.165) is 10.7 Å². The number of amides is 1. The minimum absolute atomic E-state index is 0.000610. The Bertz CT molecular complexity index is 649. The number of halogens is 1. The Kier molecular flexibility index (Phi) is 7.31. The molecule has 8 heteroatoms. The fourth-order valence-electron chi connectivity index (χ4n) is 1.91. The SMILES string of the molecule is CC[C@@H](C)NC(=O)CN(CC)S(=O)(=O)c1ccc(OC)c(Cl)c1. The molecule has 0 fully saturated rings. The predicted octanol–water partition coefficient (Wildman–Crippen LogP) is 2.27. The van der Waals surface area contributed by atoms with Gasteiger partial charge in [-0.25, -0.2) is 8.42 Å². The van der Waals surface area contributed by atoms with Crippen molar-refractivity contribution in [3.05, 3.63) is 23.2 Å². The molecular formula is C15H23ClN2O4S. The second-order valence-corrected chi connectivity index (χ2v) is 7.45. The molecule has 6 nitrogen and oxygen atoms in total. The molecule has 23 heavy (non-hydrogen) atoms. The highest BCUT2D eigenvalue weighted by atomic mass is 35.5. The van der Waals surface area contributed by atoms with Gasteiger partial charge >= 0.3 is 0 Å². The van der Waals surface area contributed by atoms with Crippen LogP contribution in [0.3, 0.4) is 0 Å². The zero-order valence-corrected chi connectivity index (χ0v) is 15.4.